The van der Waals surface area contributed by atoms with Crippen molar-refractivity contribution in [2.45, 2.75) is 76.6 Å². The summed E-state index contributed by atoms with van der Waals surface area (Å²) >= 11 is 1.70. The van der Waals surface area contributed by atoms with Gasteiger partial charge in [0.15, 0.2) is 14.6 Å². The molecule has 0 saturated heterocycles. The van der Waals surface area contributed by atoms with E-state index in [0.29, 0.717) is 12.5 Å². The van der Waals surface area contributed by atoms with Crippen LogP contribution in [0.2, 0.25) is 19.6 Å². The Bertz CT molecular complexity index is 692. The van der Waals surface area contributed by atoms with E-state index >= 15 is 0 Å². The van der Waals surface area contributed by atoms with Crippen LogP contribution in [0.3, 0.4) is 0 Å². The van der Waals surface area contributed by atoms with Gasteiger partial charge in [-0.25, -0.2) is 4.98 Å². The van der Waals surface area contributed by atoms with E-state index in [0.717, 1.165) is 17.1 Å². The molecule has 1 aromatic carbocycles. The molecule has 6 heteroatoms. The first kappa shape index (κ1) is 21.2. The van der Waals surface area contributed by atoms with Crippen LogP contribution in [0.15, 0.2) is 34.4 Å². The van der Waals surface area contributed by atoms with E-state index in [1.54, 1.807) is 18.1 Å². The predicted octanol–water partition coefficient (Wildman–Crippen LogP) is 5.92. The van der Waals surface area contributed by atoms with Crippen LogP contribution in [0.4, 0.5) is 0 Å². The van der Waals surface area contributed by atoms with Crippen LogP contribution >= 0.6 is 11.8 Å². The average Bonchev–Trinajstić information content (AvgIpc) is 2.95. The molecule has 4 nitrogen and oxygen atoms in total. The Morgan fingerprint density at radius 3 is 2.38 bits per heavy atom. The maximum absolute atomic E-state index is 6.25. The molecule has 1 N–H and O–H groups in total. The Morgan fingerprint density at radius 2 is 1.81 bits per heavy atom. The fourth-order valence-corrected chi connectivity index (χ4v) is 4.69. The standard InChI is InChI=1S/C20H32N2O2SSi/c1-8-16(4)20(24-26(5,6)7)23-12-18-19(22-13-21-18)25-17-10-14(2)9-15(3)11-17/h9-11,13,16,20H,8,12H2,1-7H3,(H,21,22). The highest BCUT2D eigenvalue weighted by atomic mass is 32.2. The van der Waals surface area contributed by atoms with Gasteiger partial charge in [0.2, 0.25) is 0 Å². The summed E-state index contributed by atoms with van der Waals surface area (Å²) in [5.74, 6) is 0.358. The molecule has 2 aromatic rings. The van der Waals surface area contributed by atoms with Crippen molar-refractivity contribution in [2.75, 3.05) is 0 Å². The summed E-state index contributed by atoms with van der Waals surface area (Å²) in [5.41, 5.74) is 3.47. The van der Waals surface area contributed by atoms with Gasteiger partial charge < -0.3 is 14.1 Å². The monoisotopic (exact) mass is 392 g/mol. The van der Waals surface area contributed by atoms with Crippen molar-refractivity contribution in [1.82, 2.24) is 9.97 Å². The summed E-state index contributed by atoms with van der Waals surface area (Å²) in [6.07, 6.45) is 2.59. The number of imidazole rings is 1. The van der Waals surface area contributed by atoms with Crippen LogP contribution in [-0.2, 0) is 15.8 Å². The topological polar surface area (TPSA) is 47.1 Å². The summed E-state index contributed by atoms with van der Waals surface area (Å²) in [5, 5.41) is 1.03. The lowest BCUT2D eigenvalue weighted by Gasteiger charge is -2.30. The molecule has 1 heterocycles. The van der Waals surface area contributed by atoms with Crippen molar-refractivity contribution in [3.8, 4) is 0 Å². The minimum Gasteiger partial charge on any atom is -0.393 e. The number of nitrogens with one attached hydrogen (secondary N) is 1. The molecular formula is C20H32N2O2SSi. The highest BCUT2D eigenvalue weighted by molar-refractivity contribution is 7.99. The molecule has 2 atom stereocenters. The normalized spacial score (nSPS) is 14.4. The second-order valence-corrected chi connectivity index (χ2v) is 13.4. The molecule has 0 fully saturated rings. The molecule has 26 heavy (non-hydrogen) atoms. The highest BCUT2D eigenvalue weighted by Gasteiger charge is 2.26. The lowest BCUT2D eigenvalue weighted by Crippen LogP contribution is -2.37. The minimum atomic E-state index is -1.67. The number of nitrogens with zero attached hydrogens (tertiary/aromatic N) is 1. The zero-order chi connectivity index (χ0) is 19.3. The first-order valence-electron chi connectivity index (χ1n) is 9.25. The lowest BCUT2D eigenvalue weighted by molar-refractivity contribution is -0.127. The van der Waals surface area contributed by atoms with E-state index in [4.69, 9.17) is 9.16 Å². The fourth-order valence-electron chi connectivity index (χ4n) is 2.63. The molecule has 0 radical (unpaired) electrons. The van der Waals surface area contributed by atoms with E-state index in [-0.39, 0.29) is 6.29 Å². The van der Waals surface area contributed by atoms with E-state index in [9.17, 15) is 0 Å². The summed E-state index contributed by atoms with van der Waals surface area (Å²) in [6, 6.07) is 6.57. The van der Waals surface area contributed by atoms with Crippen LogP contribution in [0, 0.1) is 19.8 Å². The van der Waals surface area contributed by atoms with Gasteiger partial charge >= 0.3 is 0 Å². The first-order chi connectivity index (χ1) is 12.2. The van der Waals surface area contributed by atoms with Gasteiger partial charge in [-0.15, -0.1) is 0 Å². The summed E-state index contributed by atoms with van der Waals surface area (Å²) in [4.78, 5) is 8.93. The number of ether oxygens (including phenoxy) is 1. The number of aromatic nitrogens is 2. The largest absolute Gasteiger partial charge is 0.393 e. The Balaban J connectivity index is 2.07. The average molecular weight is 393 g/mol. The number of hydrogen-bond acceptors (Lipinski definition) is 4. The summed E-state index contributed by atoms with van der Waals surface area (Å²) < 4.78 is 12.4. The number of benzene rings is 1. The Labute approximate surface area is 163 Å². The van der Waals surface area contributed by atoms with Gasteiger partial charge in [0.25, 0.3) is 0 Å². The van der Waals surface area contributed by atoms with Gasteiger partial charge in [-0.05, 0) is 63.2 Å². The van der Waals surface area contributed by atoms with Crippen molar-refractivity contribution in [3.63, 3.8) is 0 Å². The van der Waals surface area contributed by atoms with E-state index in [1.807, 2.05) is 0 Å². The Morgan fingerprint density at radius 1 is 1.15 bits per heavy atom. The maximum Gasteiger partial charge on any atom is 0.187 e. The Hall–Kier alpha value is -1.08. The third-order valence-electron chi connectivity index (χ3n) is 4.06. The van der Waals surface area contributed by atoms with Gasteiger partial charge in [0.1, 0.15) is 5.03 Å². The van der Waals surface area contributed by atoms with Crippen LogP contribution in [-0.4, -0.2) is 24.6 Å². The summed E-state index contributed by atoms with van der Waals surface area (Å²) in [6.45, 7) is 15.6. The van der Waals surface area contributed by atoms with Crippen molar-refractivity contribution in [3.05, 3.63) is 41.3 Å². The quantitative estimate of drug-likeness (QED) is 0.425. The molecule has 0 saturated carbocycles. The fraction of sp³-hybridized carbons (Fsp3) is 0.550. The van der Waals surface area contributed by atoms with E-state index < -0.39 is 8.32 Å². The number of H-pyrrole nitrogens is 1. The molecule has 144 valence electrons. The minimum absolute atomic E-state index is 0.178. The van der Waals surface area contributed by atoms with Gasteiger partial charge in [0.05, 0.1) is 18.6 Å². The molecule has 2 rings (SSSR count). The van der Waals surface area contributed by atoms with E-state index in [2.05, 4.69) is 75.5 Å². The molecule has 0 bridgehead atoms. The number of hydrogen-bond donors (Lipinski definition) is 1. The lowest BCUT2D eigenvalue weighted by atomic mass is 10.1. The molecule has 0 aliphatic heterocycles. The van der Waals surface area contributed by atoms with Gasteiger partial charge in [0, 0.05) is 10.8 Å². The second kappa shape index (κ2) is 9.22. The second-order valence-electron chi connectivity index (χ2n) is 7.90. The van der Waals surface area contributed by atoms with Crippen molar-refractivity contribution < 1.29 is 9.16 Å². The maximum atomic E-state index is 6.25. The molecule has 0 aliphatic carbocycles. The third kappa shape index (κ3) is 6.58. The number of aryl methyl sites for hydroxylation is 2. The SMILES string of the molecule is CCC(C)C(OCc1nc[nH]c1Sc1cc(C)cc(C)c1)O[Si](C)(C)C. The van der Waals surface area contributed by atoms with Crippen LogP contribution in [0.25, 0.3) is 0 Å². The van der Waals surface area contributed by atoms with Crippen molar-refractivity contribution in [1.29, 1.82) is 0 Å². The van der Waals surface area contributed by atoms with Gasteiger partial charge in [-0.3, -0.25) is 0 Å². The zero-order valence-electron chi connectivity index (χ0n) is 17.1. The first-order valence-corrected chi connectivity index (χ1v) is 13.5. The molecule has 1 aromatic heterocycles. The molecule has 2 unspecified atom stereocenters. The molecule has 0 spiro atoms. The van der Waals surface area contributed by atoms with Crippen molar-refractivity contribution in [2.24, 2.45) is 5.92 Å². The molecule has 0 amide bonds. The molecular weight excluding hydrogens is 360 g/mol. The predicted molar refractivity (Wildman–Crippen MR) is 111 cm³/mol. The summed E-state index contributed by atoms with van der Waals surface area (Å²) in [7, 11) is -1.67. The number of aromatic amines is 1. The van der Waals surface area contributed by atoms with Crippen LogP contribution in [0.5, 0.6) is 0 Å². The smallest absolute Gasteiger partial charge is 0.187 e. The Kier molecular flexibility index (Phi) is 7.52. The van der Waals surface area contributed by atoms with Gasteiger partial charge in [-0.1, -0.05) is 31.7 Å². The van der Waals surface area contributed by atoms with Crippen LogP contribution < -0.4 is 0 Å². The number of rotatable bonds is 9. The van der Waals surface area contributed by atoms with Crippen LogP contribution in [0.1, 0.15) is 37.1 Å². The van der Waals surface area contributed by atoms with Gasteiger partial charge in [-0.2, -0.15) is 0 Å². The zero-order valence-corrected chi connectivity index (χ0v) is 18.9. The van der Waals surface area contributed by atoms with Crippen molar-refractivity contribution >= 4 is 20.1 Å². The molecule has 0 aliphatic rings. The third-order valence-corrected chi connectivity index (χ3v) is 6.02. The van der Waals surface area contributed by atoms with E-state index in [1.165, 1.54) is 16.0 Å². The highest BCUT2D eigenvalue weighted by Crippen LogP contribution is 2.30.